The fourth-order valence-corrected chi connectivity index (χ4v) is 7.53. The molecule has 1 aliphatic carbocycles. The summed E-state index contributed by atoms with van der Waals surface area (Å²) in [6, 6.07) is 0.487. The number of rotatable bonds is 8. The Balaban J connectivity index is 1.30. The second-order valence-electron chi connectivity index (χ2n) is 9.33. The van der Waals surface area contributed by atoms with Gasteiger partial charge in [0.25, 0.3) is 0 Å². The molecule has 0 radical (unpaired) electrons. The van der Waals surface area contributed by atoms with Gasteiger partial charge in [-0.3, -0.25) is 9.58 Å². The molecule has 4 rings (SSSR count). The quantitative estimate of drug-likeness (QED) is 0.376. The van der Waals surface area contributed by atoms with E-state index in [1.54, 1.807) is 18.3 Å². The second kappa shape index (κ2) is 11.1. The number of hydrogen-bond acceptors (Lipinski definition) is 6. The highest BCUT2D eigenvalue weighted by atomic mass is 32.2. The summed E-state index contributed by atoms with van der Waals surface area (Å²) in [5.41, 5.74) is 0.360. The minimum absolute atomic E-state index is 0.102. The molecule has 1 saturated carbocycles. The lowest BCUT2D eigenvalue weighted by Gasteiger charge is -2.34. The van der Waals surface area contributed by atoms with E-state index in [4.69, 9.17) is 4.98 Å². The Morgan fingerprint density at radius 3 is 2.56 bits per heavy atom. The molecule has 2 aromatic rings. The Morgan fingerprint density at radius 1 is 1.24 bits per heavy atom. The second-order valence-corrected chi connectivity index (χ2v) is 11.9. The van der Waals surface area contributed by atoms with E-state index in [1.165, 1.54) is 23.9 Å². The van der Waals surface area contributed by atoms with Crippen molar-refractivity contribution in [2.45, 2.75) is 87.6 Å². The molecular weight excluding hydrogens is 485 g/mol. The summed E-state index contributed by atoms with van der Waals surface area (Å²) in [6.45, 7) is 3.01. The van der Waals surface area contributed by atoms with Crippen molar-refractivity contribution < 1.29 is 22.5 Å². The number of thiazole rings is 1. The average molecular weight is 517 g/mol. The van der Waals surface area contributed by atoms with Crippen LogP contribution in [0.3, 0.4) is 0 Å². The number of nitrogens with zero attached hydrogens (tertiary/aromatic N) is 4. The zero-order valence-electron chi connectivity index (χ0n) is 19.3. The molecule has 188 valence electrons. The molecule has 1 saturated heterocycles. The number of piperidine rings is 1. The minimum atomic E-state index is -4.50. The lowest BCUT2D eigenvalue weighted by Crippen LogP contribution is -2.44. The summed E-state index contributed by atoms with van der Waals surface area (Å²) in [5.74, 6) is 0.810. The van der Waals surface area contributed by atoms with Crippen molar-refractivity contribution in [1.29, 1.82) is 0 Å². The zero-order valence-corrected chi connectivity index (χ0v) is 20.9. The highest BCUT2D eigenvalue weighted by molar-refractivity contribution is 7.91. The van der Waals surface area contributed by atoms with Crippen LogP contribution in [0.4, 0.5) is 13.2 Å². The smallest absolute Gasteiger partial charge is 0.435 e. The Bertz CT molecular complexity index is 950. The van der Waals surface area contributed by atoms with Crippen LogP contribution in [0.15, 0.2) is 11.4 Å². The van der Waals surface area contributed by atoms with Crippen LogP contribution in [0.2, 0.25) is 0 Å². The monoisotopic (exact) mass is 516 g/mol. The first-order valence-electron chi connectivity index (χ1n) is 11.9. The SMILES string of the molecule is Cc1cc(C(F)(F)F)nn1CC(C=O)N1CCC(c2nc(C[S+]([O-])C3CCCCC3)cs2)CC1. The average Bonchev–Trinajstić information content (AvgIpc) is 3.44. The van der Waals surface area contributed by atoms with E-state index in [-0.39, 0.29) is 12.5 Å². The summed E-state index contributed by atoms with van der Waals surface area (Å²) in [5, 5.41) is 7.03. The van der Waals surface area contributed by atoms with Crippen molar-refractivity contribution in [1.82, 2.24) is 19.7 Å². The maximum absolute atomic E-state index is 12.9. The Kier molecular flexibility index (Phi) is 8.37. The van der Waals surface area contributed by atoms with E-state index in [0.717, 1.165) is 48.7 Å². The first kappa shape index (κ1) is 25.7. The number of aromatic nitrogens is 3. The maximum atomic E-state index is 12.9. The van der Waals surface area contributed by atoms with Gasteiger partial charge in [0, 0.05) is 17.0 Å². The molecule has 2 unspecified atom stereocenters. The van der Waals surface area contributed by atoms with Gasteiger partial charge < -0.3 is 9.35 Å². The van der Waals surface area contributed by atoms with E-state index in [9.17, 15) is 22.5 Å². The highest BCUT2D eigenvalue weighted by Gasteiger charge is 2.35. The van der Waals surface area contributed by atoms with Crippen LogP contribution in [-0.4, -0.2) is 54.9 Å². The molecular formula is C23H31F3N4O2S2. The Hall–Kier alpha value is -1.43. The predicted molar refractivity (Wildman–Crippen MR) is 126 cm³/mol. The number of aldehydes is 1. The van der Waals surface area contributed by atoms with Gasteiger partial charge >= 0.3 is 6.18 Å². The first-order valence-corrected chi connectivity index (χ1v) is 14.1. The molecule has 34 heavy (non-hydrogen) atoms. The molecule has 1 aliphatic heterocycles. The molecule has 0 N–H and O–H groups in total. The molecule has 2 atom stereocenters. The van der Waals surface area contributed by atoms with Crippen LogP contribution >= 0.6 is 11.3 Å². The number of aryl methyl sites for hydroxylation is 1. The van der Waals surface area contributed by atoms with Crippen molar-refractivity contribution >= 4 is 28.8 Å². The minimum Gasteiger partial charge on any atom is -0.616 e. The van der Waals surface area contributed by atoms with Crippen molar-refractivity contribution in [3.05, 3.63) is 33.5 Å². The molecule has 2 aromatic heterocycles. The highest BCUT2D eigenvalue weighted by Crippen LogP contribution is 2.33. The number of alkyl halides is 3. The van der Waals surface area contributed by atoms with E-state index in [0.29, 0.717) is 29.8 Å². The van der Waals surface area contributed by atoms with Gasteiger partial charge in [0.05, 0.1) is 17.6 Å². The normalized spacial score (nSPS) is 21.0. The third-order valence-corrected chi connectivity index (χ3v) is 9.77. The van der Waals surface area contributed by atoms with E-state index in [2.05, 4.69) is 5.10 Å². The number of carbonyl (C=O) groups excluding carboxylic acids is 1. The van der Waals surface area contributed by atoms with Crippen LogP contribution in [0.1, 0.15) is 73.0 Å². The molecule has 11 heteroatoms. The summed E-state index contributed by atoms with van der Waals surface area (Å²) in [6.07, 6.45) is 3.64. The molecule has 2 fully saturated rings. The summed E-state index contributed by atoms with van der Waals surface area (Å²) in [4.78, 5) is 18.6. The fourth-order valence-electron chi connectivity index (χ4n) is 4.90. The Morgan fingerprint density at radius 2 is 1.94 bits per heavy atom. The molecule has 0 aromatic carbocycles. The van der Waals surface area contributed by atoms with Crippen molar-refractivity contribution in [2.24, 2.45) is 0 Å². The Labute approximate surface area is 205 Å². The van der Waals surface area contributed by atoms with E-state index in [1.807, 2.05) is 10.3 Å². The largest absolute Gasteiger partial charge is 0.616 e. The predicted octanol–water partition coefficient (Wildman–Crippen LogP) is 4.70. The molecule has 6 nitrogen and oxygen atoms in total. The van der Waals surface area contributed by atoms with Crippen LogP contribution in [-0.2, 0) is 34.4 Å². The van der Waals surface area contributed by atoms with Crippen LogP contribution < -0.4 is 0 Å². The summed E-state index contributed by atoms with van der Waals surface area (Å²) < 4.78 is 52.8. The van der Waals surface area contributed by atoms with Gasteiger partial charge in [-0.1, -0.05) is 6.42 Å². The third kappa shape index (κ3) is 6.22. The van der Waals surface area contributed by atoms with Gasteiger partial charge in [-0.25, -0.2) is 4.98 Å². The lowest BCUT2D eigenvalue weighted by atomic mass is 9.96. The van der Waals surface area contributed by atoms with Crippen molar-refractivity contribution in [3.8, 4) is 0 Å². The topological polar surface area (TPSA) is 74.1 Å². The van der Waals surface area contributed by atoms with Gasteiger partial charge in [0.2, 0.25) is 0 Å². The standard InChI is InChI=1S/C23H31F3N4O2S2/c1-16-11-21(23(24,25)26)28-30(16)12-19(13-31)29-9-7-17(8-10-29)22-27-18(14-33-22)15-34(32)20-5-3-2-4-6-20/h11,13-14,17,19-20H,2-10,12,15H2,1H3. The van der Waals surface area contributed by atoms with Crippen LogP contribution in [0.5, 0.6) is 0 Å². The van der Waals surface area contributed by atoms with Gasteiger partial charge in [0.15, 0.2) is 5.69 Å². The fraction of sp³-hybridized carbons (Fsp3) is 0.696. The lowest BCUT2D eigenvalue weighted by molar-refractivity contribution is -0.141. The number of likely N-dealkylation sites (tertiary alicyclic amines) is 1. The van der Waals surface area contributed by atoms with Crippen LogP contribution in [0.25, 0.3) is 0 Å². The van der Waals surface area contributed by atoms with Gasteiger partial charge in [0.1, 0.15) is 23.0 Å². The zero-order chi connectivity index (χ0) is 24.3. The molecule has 0 bridgehead atoms. The summed E-state index contributed by atoms with van der Waals surface area (Å²) >= 11 is 0.746. The van der Waals surface area contributed by atoms with E-state index < -0.39 is 29.1 Å². The van der Waals surface area contributed by atoms with Gasteiger partial charge in [-0.05, 0) is 75.8 Å². The number of carbonyl (C=O) groups is 1. The molecule has 0 spiro atoms. The molecule has 2 aliphatic rings. The summed E-state index contributed by atoms with van der Waals surface area (Å²) in [7, 11) is 0. The van der Waals surface area contributed by atoms with Crippen molar-refractivity contribution in [3.63, 3.8) is 0 Å². The molecule has 3 heterocycles. The van der Waals surface area contributed by atoms with Gasteiger partial charge in [-0.2, -0.15) is 18.3 Å². The number of hydrogen-bond donors (Lipinski definition) is 0. The third-order valence-electron chi connectivity index (χ3n) is 6.92. The molecule has 0 amide bonds. The van der Waals surface area contributed by atoms with Gasteiger partial charge in [-0.15, -0.1) is 11.3 Å². The maximum Gasteiger partial charge on any atom is 0.435 e. The van der Waals surface area contributed by atoms with Crippen molar-refractivity contribution in [2.75, 3.05) is 13.1 Å². The first-order chi connectivity index (χ1) is 16.2. The van der Waals surface area contributed by atoms with E-state index >= 15 is 0 Å². The number of halogens is 3. The van der Waals surface area contributed by atoms with Crippen LogP contribution in [0, 0.1) is 6.92 Å².